The standard InChI is InChI=1S/C18H25N3O2/c22-17(21-16-10-15(4-8-19-16)14-2-3-14)20-12-13-5-9-23-18(11-13)6-1-7-18/h4,8,10,13-14H,1-3,5-7,9,11-12H2,(H2,19,20,21,22). The van der Waals surface area contributed by atoms with E-state index in [-0.39, 0.29) is 11.6 Å². The molecule has 1 atom stereocenters. The second-order valence-electron chi connectivity index (χ2n) is 7.33. The first-order valence-corrected chi connectivity index (χ1v) is 8.87. The van der Waals surface area contributed by atoms with Crippen LogP contribution in [0, 0.1) is 5.92 Å². The Bertz CT molecular complexity index is 581. The molecule has 0 radical (unpaired) electrons. The molecule has 23 heavy (non-hydrogen) atoms. The summed E-state index contributed by atoms with van der Waals surface area (Å²) >= 11 is 0. The van der Waals surface area contributed by atoms with Crippen LogP contribution in [0.1, 0.15) is 56.4 Å². The van der Waals surface area contributed by atoms with Crippen LogP contribution in [0.4, 0.5) is 10.6 Å². The van der Waals surface area contributed by atoms with Crippen LogP contribution in [0.15, 0.2) is 18.3 Å². The van der Waals surface area contributed by atoms with Crippen LogP contribution in [0.5, 0.6) is 0 Å². The maximum absolute atomic E-state index is 12.1. The molecular weight excluding hydrogens is 290 g/mol. The third-order valence-corrected chi connectivity index (χ3v) is 5.49. The van der Waals surface area contributed by atoms with E-state index in [2.05, 4.69) is 15.6 Å². The largest absolute Gasteiger partial charge is 0.375 e. The Kier molecular flexibility index (Phi) is 3.97. The summed E-state index contributed by atoms with van der Waals surface area (Å²) in [5.74, 6) is 1.84. The van der Waals surface area contributed by atoms with Crippen LogP contribution in [0.25, 0.3) is 0 Å². The molecule has 2 N–H and O–H groups in total. The molecule has 2 saturated carbocycles. The molecule has 2 heterocycles. The van der Waals surface area contributed by atoms with Crippen molar-refractivity contribution in [3.8, 4) is 0 Å². The Morgan fingerprint density at radius 2 is 2.22 bits per heavy atom. The number of anilines is 1. The predicted octanol–water partition coefficient (Wildman–Crippen LogP) is 3.43. The van der Waals surface area contributed by atoms with E-state index in [1.165, 1.54) is 37.7 Å². The van der Waals surface area contributed by atoms with Gasteiger partial charge < -0.3 is 10.1 Å². The molecule has 2 aliphatic carbocycles. The summed E-state index contributed by atoms with van der Waals surface area (Å²) < 4.78 is 5.94. The van der Waals surface area contributed by atoms with E-state index in [9.17, 15) is 4.79 Å². The number of urea groups is 1. The molecule has 3 aliphatic rings. The van der Waals surface area contributed by atoms with E-state index in [0.717, 1.165) is 26.0 Å². The summed E-state index contributed by atoms with van der Waals surface area (Å²) in [6.07, 6.45) is 10.1. The quantitative estimate of drug-likeness (QED) is 0.895. The van der Waals surface area contributed by atoms with Gasteiger partial charge in [-0.05, 0) is 74.5 Å². The van der Waals surface area contributed by atoms with Crippen molar-refractivity contribution in [2.75, 3.05) is 18.5 Å². The summed E-state index contributed by atoms with van der Waals surface area (Å²) in [7, 11) is 0. The fourth-order valence-corrected chi connectivity index (χ4v) is 3.81. The zero-order chi connectivity index (χ0) is 15.7. The van der Waals surface area contributed by atoms with Crippen LogP contribution in [-0.4, -0.2) is 29.8 Å². The number of pyridine rings is 1. The van der Waals surface area contributed by atoms with Crippen LogP contribution < -0.4 is 10.6 Å². The van der Waals surface area contributed by atoms with Gasteiger partial charge in [-0.15, -0.1) is 0 Å². The average Bonchev–Trinajstić information content (AvgIpc) is 3.37. The molecule has 0 aromatic carbocycles. The first-order valence-electron chi connectivity index (χ1n) is 8.87. The Morgan fingerprint density at radius 1 is 1.35 bits per heavy atom. The molecule has 3 fully saturated rings. The minimum Gasteiger partial charge on any atom is -0.375 e. The number of carbonyl (C=O) groups is 1. The third-order valence-electron chi connectivity index (χ3n) is 5.49. The zero-order valence-electron chi connectivity index (χ0n) is 13.5. The van der Waals surface area contributed by atoms with Gasteiger partial charge in [0, 0.05) is 19.3 Å². The molecule has 4 rings (SSSR count). The Labute approximate surface area is 137 Å². The molecule has 5 heteroatoms. The van der Waals surface area contributed by atoms with Gasteiger partial charge in [0.2, 0.25) is 0 Å². The molecule has 2 amide bonds. The highest BCUT2D eigenvalue weighted by Crippen LogP contribution is 2.44. The number of amides is 2. The van der Waals surface area contributed by atoms with Crippen LogP contribution >= 0.6 is 0 Å². The normalized spacial score (nSPS) is 25.7. The van der Waals surface area contributed by atoms with Gasteiger partial charge in [0.1, 0.15) is 5.82 Å². The summed E-state index contributed by atoms with van der Waals surface area (Å²) in [5, 5.41) is 5.87. The number of nitrogens with one attached hydrogen (secondary N) is 2. The second kappa shape index (κ2) is 6.11. The van der Waals surface area contributed by atoms with E-state index >= 15 is 0 Å². The molecule has 1 aliphatic heterocycles. The van der Waals surface area contributed by atoms with Crippen LogP contribution in [0.3, 0.4) is 0 Å². The zero-order valence-corrected chi connectivity index (χ0v) is 13.5. The second-order valence-corrected chi connectivity index (χ2v) is 7.33. The first-order chi connectivity index (χ1) is 11.2. The van der Waals surface area contributed by atoms with Gasteiger partial charge in [0.15, 0.2) is 0 Å². The van der Waals surface area contributed by atoms with Crippen LogP contribution in [-0.2, 0) is 4.74 Å². The van der Waals surface area contributed by atoms with Crippen LogP contribution in [0.2, 0.25) is 0 Å². The van der Waals surface area contributed by atoms with Crippen molar-refractivity contribution < 1.29 is 9.53 Å². The minimum atomic E-state index is -0.153. The van der Waals surface area contributed by atoms with E-state index in [4.69, 9.17) is 4.74 Å². The molecule has 5 nitrogen and oxygen atoms in total. The predicted molar refractivity (Wildman–Crippen MR) is 88.5 cm³/mol. The van der Waals surface area contributed by atoms with Crippen molar-refractivity contribution in [2.45, 2.75) is 56.5 Å². The smallest absolute Gasteiger partial charge is 0.320 e. The maximum atomic E-state index is 12.1. The molecular formula is C18H25N3O2. The van der Waals surface area contributed by atoms with Gasteiger partial charge in [0.25, 0.3) is 0 Å². The van der Waals surface area contributed by atoms with E-state index in [0.29, 0.717) is 17.7 Å². The lowest BCUT2D eigenvalue weighted by molar-refractivity contribution is -0.142. The number of carbonyl (C=O) groups excluding carboxylic acids is 1. The number of aromatic nitrogens is 1. The van der Waals surface area contributed by atoms with Gasteiger partial charge >= 0.3 is 6.03 Å². The van der Waals surface area contributed by atoms with Gasteiger partial charge in [0.05, 0.1) is 5.60 Å². The fourth-order valence-electron chi connectivity index (χ4n) is 3.81. The number of hydrogen-bond acceptors (Lipinski definition) is 3. The maximum Gasteiger partial charge on any atom is 0.320 e. The van der Waals surface area contributed by atoms with Crippen molar-refractivity contribution in [1.82, 2.24) is 10.3 Å². The van der Waals surface area contributed by atoms with Crippen molar-refractivity contribution >= 4 is 11.8 Å². The summed E-state index contributed by atoms with van der Waals surface area (Å²) in [6, 6.07) is 3.88. The molecule has 1 aromatic heterocycles. The number of rotatable bonds is 4. The Balaban J connectivity index is 1.26. The first kappa shape index (κ1) is 14.9. The highest BCUT2D eigenvalue weighted by Gasteiger charge is 2.42. The Hall–Kier alpha value is -1.62. The number of hydrogen-bond donors (Lipinski definition) is 2. The SMILES string of the molecule is O=C(NCC1CCOC2(CCC2)C1)Nc1cc(C2CC2)ccn1. The van der Waals surface area contributed by atoms with E-state index in [1.54, 1.807) is 6.20 Å². The summed E-state index contributed by atoms with van der Waals surface area (Å²) in [6.45, 7) is 1.55. The number of ether oxygens (including phenoxy) is 1. The molecule has 1 aromatic rings. The summed E-state index contributed by atoms with van der Waals surface area (Å²) in [4.78, 5) is 16.3. The fraction of sp³-hybridized carbons (Fsp3) is 0.667. The van der Waals surface area contributed by atoms with E-state index in [1.807, 2.05) is 12.1 Å². The molecule has 1 unspecified atom stereocenters. The van der Waals surface area contributed by atoms with Crippen molar-refractivity contribution in [3.63, 3.8) is 0 Å². The lowest BCUT2D eigenvalue weighted by atomic mass is 9.72. The minimum absolute atomic E-state index is 0.140. The summed E-state index contributed by atoms with van der Waals surface area (Å²) in [5.41, 5.74) is 1.42. The molecule has 1 spiro atoms. The molecule has 1 saturated heterocycles. The van der Waals surface area contributed by atoms with Gasteiger partial charge in [-0.1, -0.05) is 0 Å². The highest BCUT2D eigenvalue weighted by molar-refractivity contribution is 5.88. The van der Waals surface area contributed by atoms with Crippen molar-refractivity contribution in [2.24, 2.45) is 5.92 Å². The van der Waals surface area contributed by atoms with Crippen molar-refractivity contribution in [3.05, 3.63) is 23.9 Å². The molecule has 124 valence electrons. The topological polar surface area (TPSA) is 63.2 Å². The lowest BCUT2D eigenvalue weighted by Gasteiger charge is -2.47. The van der Waals surface area contributed by atoms with Crippen molar-refractivity contribution in [1.29, 1.82) is 0 Å². The number of nitrogens with zero attached hydrogens (tertiary/aromatic N) is 1. The molecule has 0 bridgehead atoms. The monoisotopic (exact) mass is 315 g/mol. The van der Waals surface area contributed by atoms with Gasteiger partial charge in [-0.25, -0.2) is 9.78 Å². The van der Waals surface area contributed by atoms with Gasteiger partial charge in [-0.2, -0.15) is 0 Å². The van der Waals surface area contributed by atoms with Gasteiger partial charge in [-0.3, -0.25) is 5.32 Å². The lowest BCUT2D eigenvalue weighted by Crippen LogP contribution is -2.48. The van der Waals surface area contributed by atoms with E-state index < -0.39 is 0 Å². The Morgan fingerprint density at radius 3 is 2.96 bits per heavy atom. The highest BCUT2D eigenvalue weighted by atomic mass is 16.5. The average molecular weight is 315 g/mol. The third kappa shape index (κ3) is 3.50.